The average Bonchev–Trinajstić information content (AvgIpc) is 2.68. The maximum Gasteiger partial charge on any atom is -0.0351 e. The van der Waals surface area contributed by atoms with Crippen molar-refractivity contribution < 1.29 is 0 Å². The Bertz CT molecular complexity index is 312. The molecule has 0 radical (unpaired) electrons. The fraction of sp³-hybridized carbons (Fsp3) is 0.931. The van der Waals surface area contributed by atoms with E-state index in [9.17, 15) is 0 Å². The van der Waals surface area contributed by atoms with E-state index in [2.05, 4.69) is 39.8 Å². The standard InChI is InChI=1S/C29H58/c1-28(2)26-24-22-20-18-16-14-12-10-8-6-5-7-9-11-13-15-17-19-21-23-25-27-29(3)4/h5-6,28-29H,7-27H2,1-4H3/b6-5-. The van der Waals surface area contributed by atoms with Crippen molar-refractivity contribution in [2.24, 2.45) is 11.8 Å². The van der Waals surface area contributed by atoms with Gasteiger partial charge in [-0.3, -0.25) is 0 Å². The van der Waals surface area contributed by atoms with Gasteiger partial charge in [-0.15, -0.1) is 0 Å². The van der Waals surface area contributed by atoms with E-state index in [4.69, 9.17) is 0 Å². The molecule has 0 heteroatoms. The van der Waals surface area contributed by atoms with Crippen molar-refractivity contribution in [1.29, 1.82) is 0 Å². The summed E-state index contributed by atoms with van der Waals surface area (Å²) in [5.74, 6) is 1.78. The number of allylic oxidation sites excluding steroid dienone is 2. The Hall–Kier alpha value is -0.260. The fourth-order valence-corrected chi connectivity index (χ4v) is 4.16. The first-order valence-corrected chi connectivity index (χ1v) is 13.8. The summed E-state index contributed by atoms with van der Waals surface area (Å²) in [6, 6.07) is 0. The van der Waals surface area contributed by atoms with Crippen LogP contribution in [0.15, 0.2) is 12.2 Å². The van der Waals surface area contributed by atoms with E-state index in [-0.39, 0.29) is 0 Å². The molecule has 0 aromatic carbocycles. The van der Waals surface area contributed by atoms with Gasteiger partial charge in [0.15, 0.2) is 0 Å². The van der Waals surface area contributed by atoms with Crippen LogP contribution in [-0.2, 0) is 0 Å². The van der Waals surface area contributed by atoms with Crippen LogP contribution in [0.3, 0.4) is 0 Å². The molecule has 0 bridgehead atoms. The Balaban J connectivity index is 3.09. The Morgan fingerprint density at radius 1 is 0.345 bits per heavy atom. The Morgan fingerprint density at radius 3 is 0.862 bits per heavy atom. The van der Waals surface area contributed by atoms with Gasteiger partial charge in [0.1, 0.15) is 0 Å². The number of unbranched alkanes of at least 4 members (excludes halogenated alkanes) is 17. The highest BCUT2D eigenvalue weighted by Crippen LogP contribution is 2.15. The van der Waals surface area contributed by atoms with Gasteiger partial charge in [-0.2, -0.15) is 0 Å². The maximum absolute atomic E-state index is 2.45. The minimum absolute atomic E-state index is 0.891. The van der Waals surface area contributed by atoms with Gasteiger partial charge < -0.3 is 0 Å². The predicted molar refractivity (Wildman–Crippen MR) is 136 cm³/mol. The average molecular weight is 407 g/mol. The fourth-order valence-electron chi connectivity index (χ4n) is 4.16. The largest absolute Gasteiger partial charge is 0.0885 e. The molecule has 0 spiro atoms. The van der Waals surface area contributed by atoms with Gasteiger partial charge in [-0.05, 0) is 37.5 Å². The molecule has 0 unspecified atom stereocenters. The lowest BCUT2D eigenvalue weighted by Gasteiger charge is -2.04. The molecule has 0 amide bonds. The molecular formula is C29H58. The van der Waals surface area contributed by atoms with E-state index in [0.717, 1.165) is 11.8 Å². The van der Waals surface area contributed by atoms with Crippen molar-refractivity contribution in [1.82, 2.24) is 0 Å². The normalized spacial score (nSPS) is 12.1. The van der Waals surface area contributed by atoms with Crippen LogP contribution in [0.1, 0.15) is 163 Å². The Kier molecular flexibility index (Phi) is 23.8. The molecular weight excluding hydrogens is 348 g/mol. The van der Waals surface area contributed by atoms with Crippen LogP contribution >= 0.6 is 0 Å². The molecule has 174 valence electrons. The molecule has 0 N–H and O–H groups in total. The molecule has 0 aliphatic heterocycles. The monoisotopic (exact) mass is 406 g/mol. The summed E-state index contributed by atoms with van der Waals surface area (Å²) in [5.41, 5.74) is 0. The Morgan fingerprint density at radius 2 is 0.586 bits per heavy atom. The molecule has 0 nitrogen and oxygen atoms in total. The molecule has 0 saturated heterocycles. The smallest absolute Gasteiger partial charge is 0.0351 e. The van der Waals surface area contributed by atoms with Crippen molar-refractivity contribution in [3.63, 3.8) is 0 Å². The maximum atomic E-state index is 2.45. The zero-order chi connectivity index (χ0) is 21.4. The molecule has 29 heavy (non-hydrogen) atoms. The molecule has 0 aromatic heterocycles. The van der Waals surface area contributed by atoms with Crippen LogP contribution in [0.5, 0.6) is 0 Å². The van der Waals surface area contributed by atoms with Gasteiger partial charge in [0, 0.05) is 0 Å². The van der Waals surface area contributed by atoms with Gasteiger partial charge >= 0.3 is 0 Å². The first-order chi connectivity index (χ1) is 14.1. The summed E-state index contributed by atoms with van der Waals surface area (Å²) in [7, 11) is 0. The van der Waals surface area contributed by atoms with Crippen LogP contribution in [0.4, 0.5) is 0 Å². The van der Waals surface area contributed by atoms with E-state index in [1.54, 1.807) is 0 Å². The van der Waals surface area contributed by atoms with Gasteiger partial charge in [-0.1, -0.05) is 149 Å². The second kappa shape index (κ2) is 24.0. The van der Waals surface area contributed by atoms with Gasteiger partial charge in [0.2, 0.25) is 0 Å². The lowest BCUT2D eigenvalue weighted by atomic mass is 10.0. The topological polar surface area (TPSA) is 0 Å². The molecule has 0 aliphatic rings. The third-order valence-electron chi connectivity index (χ3n) is 6.22. The van der Waals surface area contributed by atoms with Gasteiger partial charge in [0.25, 0.3) is 0 Å². The van der Waals surface area contributed by atoms with Crippen molar-refractivity contribution in [2.75, 3.05) is 0 Å². The van der Waals surface area contributed by atoms with E-state index in [0.29, 0.717) is 0 Å². The molecule has 0 heterocycles. The molecule has 0 fully saturated rings. The summed E-state index contributed by atoms with van der Waals surface area (Å²) in [4.78, 5) is 0. The van der Waals surface area contributed by atoms with Crippen molar-refractivity contribution >= 4 is 0 Å². The van der Waals surface area contributed by atoms with Crippen LogP contribution in [0.2, 0.25) is 0 Å². The van der Waals surface area contributed by atoms with Crippen LogP contribution < -0.4 is 0 Å². The third kappa shape index (κ3) is 27.7. The van der Waals surface area contributed by atoms with E-state index in [1.165, 1.54) is 135 Å². The quantitative estimate of drug-likeness (QED) is 0.117. The van der Waals surface area contributed by atoms with E-state index >= 15 is 0 Å². The minimum Gasteiger partial charge on any atom is -0.0885 e. The third-order valence-corrected chi connectivity index (χ3v) is 6.22. The summed E-state index contributed by atoms with van der Waals surface area (Å²) in [6.45, 7) is 9.36. The van der Waals surface area contributed by atoms with Crippen LogP contribution in [-0.4, -0.2) is 0 Å². The van der Waals surface area contributed by atoms with Crippen LogP contribution in [0.25, 0.3) is 0 Å². The number of rotatable bonds is 23. The molecule has 0 atom stereocenters. The molecule has 0 rings (SSSR count). The Labute approximate surface area is 186 Å². The first kappa shape index (κ1) is 28.7. The molecule has 0 aromatic rings. The molecule has 0 aliphatic carbocycles. The summed E-state index contributed by atoms with van der Waals surface area (Å²) in [5, 5.41) is 0. The summed E-state index contributed by atoms with van der Waals surface area (Å²) < 4.78 is 0. The number of hydrogen-bond donors (Lipinski definition) is 0. The predicted octanol–water partition coefficient (Wildman–Crippen LogP) is 11.0. The minimum atomic E-state index is 0.891. The van der Waals surface area contributed by atoms with Crippen molar-refractivity contribution in [3.05, 3.63) is 12.2 Å². The SMILES string of the molecule is CC(C)CCCCCCCCCC/C=C\CCCCCCCCCCCC(C)C. The van der Waals surface area contributed by atoms with Gasteiger partial charge in [-0.25, -0.2) is 0 Å². The molecule has 0 saturated carbocycles. The summed E-state index contributed by atoms with van der Waals surface area (Å²) in [6.07, 6.45) is 35.0. The van der Waals surface area contributed by atoms with Crippen LogP contribution in [0, 0.1) is 11.8 Å². The lowest BCUT2D eigenvalue weighted by Crippen LogP contribution is -1.87. The summed E-state index contributed by atoms with van der Waals surface area (Å²) >= 11 is 0. The zero-order valence-electron chi connectivity index (χ0n) is 21.2. The second-order valence-electron chi connectivity index (χ2n) is 10.4. The zero-order valence-corrected chi connectivity index (χ0v) is 21.2. The highest BCUT2D eigenvalue weighted by Gasteiger charge is 1.96. The van der Waals surface area contributed by atoms with Crippen molar-refractivity contribution in [3.8, 4) is 0 Å². The highest BCUT2D eigenvalue weighted by molar-refractivity contribution is 4.81. The van der Waals surface area contributed by atoms with E-state index in [1.807, 2.05) is 0 Å². The first-order valence-electron chi connectivity index (χ1n) is 13.8. The van der Waals surface area contributed by atoms with Crippen molar-refractivity contribution in [2.45, 2.75) is 163 Å². The van der Waals surface area contributed by atoms with Gasteiger partial charge in [0.05, 0.1) is 0 Å². The number of hydrogen-bond acceptors (Lipinski definition) is 0. The highest BCUT2D eigenvalue weighted by atomic mass is 14.0. The second-order valence-corrected chi connectivity index (χ2v) is 10.4. The van der Waals surface area contributed by atoms with E-state index < -0.39 is 0 Å². The lowest BCUT2D eigenvalue weighted by molar-refractivity contribution is 0.506.